The molecule has 31 heavy (non-hydrogen) atoms. The largest absolute Gasteiger partial charge is 0.484 e. The Kier molecular flexibility index (Phi) is 9.56. The Labute approximate surface area is 194 Å². The standard InChI is InChI=1S/C25H33BrN2O3/c1-17(2)14-27-25(30)19(5)28(15-20-6-10-22(26)11-7-20)24(29)16-31-23-12-8-21(9-13-23)18(3)4/h6-13,17-19H,14-16H2,1-5H3,(H,27,30)/t19-/m1/s1. The van der Waals surface area contributed by atoms with Gasteiger partial charge in [0.1, 0.15) is 11.8 Å². The van der Waals surface area contributed by atoms with Gasteiger partial charge in [-0.15, -0.1) is 0 Å². The summed E-state index contributed by atoms with van der Waals surface area (Å²) in [6.45, 7) is 10.9. The van der Waals surface area contributed by atoms with E-state index in [1.807, 2.05) is 62.4 Å². The molecule has 2 aromatic rings. The number of carbonyl (C=O) groups excluding carboxylic acids is 2. The second-order valence-corrected chi connectivity index (χ2v) is 9.39. The highest BCUT2D eigenvalue weighted by Gasteiger charge is 2.26. The van der Waals surface area contributed by atoms with Crippen LogP contribution in [-0.2, 0) is 16.1 Å². The van der Waals surface area contributed by atoms with Crippen LogP contribution in [0.15, 0.2) is 53.0 Å². The molecule has 0 saturated heterocycles. The van der Waals surface area contributed by atoms with Crippen molar-refractivity contribution in [3.63, 3.8) is 0 Å². The molecule has 2 amide bonds. The van der Waals surface area contributed by atoms with Gasteiger partial charge < -0.3 is 15.0 Å². The summed E-state index contributed by atoms with van der Waals surface area (Å²) in [4.78, 5) is 27.3. The zero-order chi connectivity index (χ0) is 23.0. The molecule has 0 bridgehead atoms. The molecule has 2 aromatic carbocycles. The van der Waals surface area contributed by atoms with Gasteiger partial charge in [-0.05, 0) is 54.2 Å². The zero-order valence-electron chi connectivity index (χ0n) is 19.0. The SMILES string of the molecule is CC(C)CNC(=O)[C@@H](C)N(Cc1ccc(Br)cc1)C(=O)COc1ccc(C(C)C)cc1. The van der Waals surface area contributed by atoms with Crippen molar-refractivity contribution in [1.29, 1.82) is 0 Å². The Hall–Kier alpha value is -2.34. The van der Waals surface area contributed by atoms with Gasteiger partial charge in [0.05, 0.1) is 0 Å². The molecule has 0 heterocycles. The Bertz CT molecular complexity index is 848. The van der Waals surface area contributed by atoms with E-state index in [0.29, 0.717) is 30.7 Å². The lowest BCUT2D eigenvalue weighted by atomic mass is 10.0. The number of amides is 2. The molecular weight excluding hydrogens is 456 g/mol. The van der Waals surface area contributed by atoms with Crippen molar-refractivity contribution in [2.75, 3.05) is 13.2 Å². The van der Waals surface area contributed by atoms with Crippen molar-refractivity contribution >= 4 is 27.7 Å². The van der Waals surface area contributed by atoms with Crippen molar-refractivity contribution in [1.82, 2.24) is 10.2 Å². The molecule has 0 aliphatic carbocycles. The van der Waals surface area contributed by atoms with Gasteiger partial charge in [0.25, 0.3) is 5.91 Å². The fourth-order valence-electron chi connectivity index (χ4n) is 3.00. The maximum atomic E-state index is 13.1. The number of halogens is 1. The van der Waals surface area contributed by atoms with Gasteiger partial charge in [0.2, 0.25) is 5.91 Å². The summed E-state index contributed by atoms with van der Waals surface area (Å²) >= 11 is 3.43. The second kappa shape index (κ2) is 11.9. The van der Waals surface area contributed by atoms with E-state index in [2.05, 4.69) is 35.1 Å². The zero-order valence-corrected chi connectivity index (χ0v) is 20.6. The summed E-state index contributed by atoms with van der Waals surface area (Å²) in [6, 6.07) is 14.9. The molecule has 0 fully saturated rings. The van der Waals surface area contributed by atoms with E-state index in [1.165, 1.54) is 5.56 Å². The van der Waals surface area contributed by atoms with Crippen LogP contribution in [-0.4, -0.2) is 35.9 Å². The number of ether oxygens (including phenoxy) is 1. The quantitative estimate of drug-likeness (QED) is 0.503. The normalized spacial score (nSPS) is 12.0. The number of hydrogen-bond donors (Lipinski definition) is 1. The van der Waals surface area contributed by atoms with Crippen LogP contribution in [0.2, 0.25) is 0 Å². The van der Waals surface area contributed by atoms with Crippen molar-refractivity contribution in [2.24, 2.45) is 5.92 Å². The summed E-state index contributed by atoms with van der Waals surface area (Å²) in [7, 11) is 0. The third-order valence-corrected chi connectivity index (χ3v) is 5.56. The summed E-state index contributed by atoms with van der Waals surface area (Å²) in [5, 5.41) is 2.92. The predicted octanol–water partition coefficient (Wildman–Crippen LogP) is 5.14. The summed E-state index contributed by atoms with van der Waals surface area (Å²) in [6.07, 6.45) is 0. The number of benzene rings is 2. The van der Waals surface area contributed by atoms with E-state index in [1.54, 1.807) is 11.8 Å². The van der Waals surface area contributed by atoms with Crippen LogP contribution in [0.4, 0.5) is 0 Å². The van der Waals surface area contributed by atoms with Crippen LogP contribution < -0.4 is 10.1 Å². The van der Waals surface area contributed by atoms with E-state index < -0.39 is 6.04 Å². The molecule has 0 spiro atoms. The van der Waals surface area contributed by atoms with Crippen LogP contribution in [0.3, 0.4) is 0 Å². The lowest BCUT2D eigenvalue weighted by Crippen LogP contribution is -2.49. The van der Waals surface area contributed by atoms with Crippen LogP contribution in [0.1, 0.15) is 51.7 Å². The smallest absolute Gasteiger partial charge is 0.261 e. The highest BCUT2D eigenvalue weighted by molar-refractivity contribution is 9.10. The van der Waals surface area contributed by atoms with Gasteiger partial charge in [0.15, 0.2) is 6.61 Å². The topological polar surface area (TPSA) is 58.6 Å². The molecule has 0 aliphatic rings. The molecule has 1 atom stereocenters. The molecule has 2 rings (SSSR count). The number of nitrogens with one attached hydrogen (secondary N) is 1. The predicted molar refractivity (Wildman–Crippen MR) is 128 cm³/mol. The molecule has 5 nitrogen and oxygen atoms in total. The van der Waals surface area contributed by atoms with E-state index in [-0.39, 0.29) is 18.4 Å². The van der Waals surface area contributed by atoms with E-state index in [9.17, 15) is 9.59 Å². The van der Waals surface area contributed by atoms with E-state index in [0.717, 1.165) is 10.0 Å². The second-order valence-electron chi connectivity index (χ2n) is 8.48. The lowest BCUT2D eigenvalue weighted by molar-refractivity contribution is -0.142. The summed E-state index contributed by atoms with van der Waals surface area (Å²) in [5.41, 5.74) is 2.16. The van der Waals surface area contributed by atoms with Gasteiger partial charge in [0, 0.05) is 17.6 Å². The highest BCUT2D eigenvalue weighted by atomic mass is 79.9. The number of carbonyl (C=O) groups is 2. The third-order valence-electron chi connectivity index (χ3n) is 5.03. The first-order chi connectivity index (χ1) is 14.7. The molecular formula is C25H33BrN2O3. The Balaban J connectivity index is 2.10. The van der Waals surface area contributed by atoms with Gasteiger partial charge >= 0.3 is 0 Å². The Morgan fingerprint density at radius 1 is 0.968 bits per heavy atom. The number of rotatable bonds is 10. The first-order valence-electron chi connectivity index (χ1n) is 10.7. The van der Waals surface area contributed by atoms with Gasteiger partial charge in [-0.1, -0.05) is 67.9 Å². The molecule has 0 unspecified atom stereocenters. The Morgan fingerprint density at radius 2 is 1.58 bits per heavy atom. The average molecular weight is 489 g/mol. The van der Waals surface area contributed by atoms with Crippen molar-refractivity contribution in [3.05, 3.63) is 64.1 Å². The van der Waals surface area contributed by atoms with Crippen LogP contribution in [0.5, 0.6) is 5.75 Å². The minimum atomic E-state index is -0.609. The average Bonchev–Trinajstić information content (AvgIpc) is 2.75. The van der Waals surface area contributed by atoms with Gasteiger partial charge in [-0.25, -0.2) is 0 Å². The minimum Gasteiger partial charge on any atom is -0.484 e. The van der Waals surface area contributed by atoms with Gasteiger partial charge in [-0.2, -0.15) is 0 Å². The summed E-state index contributed by atoms with van der Waals surface area (Å²) in [5.74, 6) is 1.01. The van der Waals surface area contributed by atoms with Crippen molar-refractivity contribution < 1.29 is 14.3 Å². The third kappa shape index (κ3) is 8.02. The minimum absolute atomic E-state index is 0.126. The first kappa shape index (κ1) is 24.9. The van der Waals surface area contributed by atoms with Crippen LogP contribution in [0, 0.1) is 5.92 Å². The summed E-state index contributed by atoms with van der Waals surface area (Å²) < 4.78 is 6.70. The van der Waals surface area contributed by atoms with E-state index >= 15 is 0 Å². The highest BCUT2D eigenvalue weighted by Crippen LogP contribution is 2.19. The first-order valence-corrected chi connectivity index (χ1v) is 11.5. The maximum absolute atomic E-state index is 13.1. The van der Waals surface area contributed by atoms with Crippen LogP contribution in [0.25, 0.3) is 0 Å². The fraction of sp³-hybridized carbons (Fsp3) is 0.440. The van der Waals surface area contributed by atoms with E-state index in [4.69, 9.17) is 4.74 Å². The lowest BCUT2D eigenvalue weighted by Gasteiger charge is -2.29. The van der Waals surface area contributed by atoms with Crippen molar-refractivity contribution in [2.45, 2.75) is 53.1 Å². The van der Waals surface area contributed by atoms with Crippen molar-refractivity contribution in [3.8, 4) is 5.75 Å². The van der Waals surface area contributed by atoms with Crippen LogP contribution >= 0.6 is 15.9 Å². The molecule has 0 saturated carbocycles. The monoisotopic (exact) mass is 488 g/mol. The molecule has 0 aromatic heterocycles. The Morgan fingerprint density at radius 3 is 2.13 bits per heavy atom. The number of nitrogens with zero attached hydrogens (tertiary/aromatic N) is 1. The number of hydrogen-bond acceptors (Lipinski definition) is 3. The molecule has 6 heteroatoms. The molecule has 1 N–H and O–H groups in total. The van der Waals surface area contributed by atoms with Gasteiger partial charge in [-0.3, -0.25) is 9.59 Å². The molecule has 168 valence electrons. The molecule has 0 aliphatic heterocycles. The molecule has 0 radical (unpaired) electrons. The fourth-order valence-corrected chi connectivity index (χ4v) is 3.26. The maximum Gasteiger partial charge on any atom is 0.261 e.